The summed E-state index contributed by atoms with van der Waals surface area (Å²) in [6.07, 6.45) is 0. The Bertz CT molecular complexity index is 842. The molecular weight excluding hydrogens is 317 g/mol. The van der Waals surface area contributed by atoms with Crippen molar-refractivity contribution in [3.63, 3.8) is 0 Å². The number of amides is 2. The Kier molecular flexibility index (Phi) is 3.76. The number of esters is 1. The van der Waals surface area contributed by atoms with Crippen LogP contribution >= 0.6 is 0 Å². The van der Waals surface area contributed by atoms with Gasteiger partial charge in [-0.25, -0.2) is 14.1 Å². The molecule has 24 heavy (non-hydrogen) atoms. The first-order valence-corrected chi connectivity index (χ1v) is 6.93. The van der Waals surface area contributed by atoms with Crippen molar-refractivity contribution in [1.29, 1.82) is 0 Å². The quantitative estimate of drug-likeness (QED) is 0.639. The van der Waals surface area contributed by atoms with Crippen LogP contribution in [-0.4, -0.2) is 32.0 Å². The average Bonchev–Trinajstić information content (AvgIpc) is 2.85. The maximum atomic E-state index is 14.3. The number of carbonyl (C=O) groups is 3. The summed E-state index contributed by atoms with van der Waals surface area (Å²) in [5.41, 5.74) is 0.119. The van der Waals surface area contributed by atoms with Gasteiger partial charge in [-0.05, 0) is 24.3 Å². The molecule has 6 nitrogen and oxygen atoms in total. The molecule has 2 aromatic carbocycles. The molecule has 1 aliphatic heterocycles. The predicted octanol–water partition coefficient (Wildman–Crippen LogP) is 2.42. The normalized spacial score (nSPS) is 13.0. The van der Waals surface area contributed by atoms with E-state index >= 15 is 0 Å². The Balaban J connectivity index is 2.19. The van der Waals surface area contributed by atoms with Crippen LogP contribution in [0.2, 0.25) is 0 Å². The van der Waals surface area contributed by atoms with Gasteiger partial charge in [0.2, 0.25) is 0 Å². The van der Waals surface area contributed by atoms with Crippen LogP contribution in [0.5, 0.6) is 5.75 Å². The molecule has 2 aromatic rings. The smallest absolute Gasteiger partial charge is 0.338 e. The zero-order chi connectivity index (χ0) is 17.4. The van der Waals surface area contributed by atoms with E-state index in [2.05, 4.69) is 4.74 Å². The Morgan fingerprint density at radius 3 is 2.12 bits per heavy atom. The summed E-state index contributed by atoms with van der Waals surface area (Å²) in [5, 5.41) is 0. The van der Waals surface area contributed by atoms with Gasteiger partial charge in [0.15, 0.2) is 11.6 Å². The molecule has 0 bridgehead atoms. The summed E-state index contributed by atoms with van der Waals surface area (Å²) in [7, 11) is 2.35. The van der Waals surface area contributed by atoms with E-state index in [4.69, 9.17) is 4.74 Å². The van der Waals surface area contributed by atoms with Crippen LogP contribution in [0.15, 0.2) is 36.4 Å². The number of rotatable bonds is 3. The summed E-state index contributed by atoms with van der Waals surface area (Å²) >= 11 is 0. The Hall–Kier alpha value is -3.22. The van der Waals surface area contributed by atoms with Crippen molar-refractivity contribution in [1.82, 2.24) is 0 Å². The van der Waals surface area contributed by atoms with Gasteiger partial charge in [0.1, 0.15) is 0 Å². The molecule has 0 saturated carbocycles. The van der Waals surface area contributed by atoms with E-state index in [9.17, 15) is 18.8 Å². The van der Waals surface area contributed by atoms with Crippen molar-refractivity contribution in [3.05, 3.63) is 58.9 Å². The zero-order valence-corrected chi connectivity index (χ0v) is 12.8. The predicted molar refractivity (Wildman–Crippen MR) is 81.9 cm³/mol. The third kappa shape index (κ3) is 2.21. The molecule has 0 unspecified atom stereocenters. The average molecular weight is 329 g/mol. The number of hydrogen-bond acceptors (Lipinski definition) is 5. The molecule has 2 amide bonds. The molecule has 0 atom stereocenters. The fourth-order valence-corrected chi connectivity index (χ4v) is 2.59. The molecule has 0 aliphatic carbocycles. The highest BCUT2D eigenvalue weighted by Crippen LogP contribution is 2.37. The Labute approximate surface area is 136 Å². The molecule has 122 valence electrons. The standard InChI is InChI=1S/C17H12FNO5/c1-23-14-12(18)7-9(17(22)24-2)8-13(14)19-15(20)10-5-3-4-6-11(10)16(19)21/h3-8H,1-2H3. The third-order valence-electron chi connectivity index (χ3n) is 3.68. The van der Waals surface area contributed by atoms with Crippen molar-refractivity contribution in [2.45, 2.75) is 0 Å². The molecule has 0 N–H and O–H groups in total. The SMILES string of the molecule is COC(=O)c1cc(F)c(OC)c(N2C(=O)c3ccccc3C2=O)c1. The lowest BCUT2D eigenvalue weighted by atomic mass is 10.1. The second-order valence-corrected chi connectivity index (χ2v) is 4.99. The Morgan fingerprint density at radius 2 is 1.62 bits per heavy atom. The van der Waals surface area contributed by atoms with E-state index < -0.39 is 23.6 Å². The summed E-state index contributed by atoms with van der Waals surface area (Å²) < 4.78 is 23.8. The van der Waals surface area contributed by atoms with Crippen LogP contribution < -0.4 is 9.64 Å². The highest BCUT2D eigenvalue weighted by atomic mass is 19.1. The first kappa shape index (κ1) is 15.7. The number of imide groups is 1. The molecule has 7 heteroatoms. The highest BCUT2D eigenvalue weighted by molar-refractivity contribution is 6.35. The van der Waals surface area contributed by atoms with Gasteiger partial charge in [-0.15, -0.1) is 0 Å². The first-order chi connectivity index (χ1) is 11.5. The van der Waals surface area contributed by atoms with E-state index in [1.807, 2.05) is 0 Å². The van der Waals surface area contributed by atoms with E-state index in [0.717, 1.165) is 18.1 Å². The van der Waals surface area contributed by atoms with E-state index in [1.54, 1.807) is 12.1 Å². The van der Waals surface area contributed by atoms with E-state index in [-0.39, 0.29) is 28.1 Å². The van der Waals surface area contributed by atoms with Crippen molar-refractivity contribution in [3.8, 4) is 5.75 Å². The largest absolute Gasteiger partial charge is 0.492 e. The number of benzene rings is 2. The number of halogens is 1. The number of carbonyl (C=O) groups excluding carboxylic acids is 3. The zero-order valence-electron chi connectivity index (χ0n) is 12.8. The maximum absolute atomic E-state index is 14.3. The van der Waals surface area contributed by atoms with Gasteiger partial charge in [0, 0.05) is 0 Å². The van der Waals surface area contributed by atoms with E-state index in [0.29, 0.717) is 0 Å². The van der Waals surface area contributed by atoms with Crippen LogP contribution in [0.4, 0.5) is 10.1 Å². The van der Waals surface area contributed by atoms with Gasteiger partial charge in [0.25, 0.3) is 11.8 Å². The maximum Gasteiger partial charge on any atom is 0.338 e. The molecule has 3 rings (SSSR count). The number of hydrogen-bond donors (Lipinski definition) is 0. The van der Waals surface area contributed by atoms with Crippen LogP contribution in [0.1, 0.15) is 31.1 Å². The first-order valence-electron chi connectivity index (χ1n) is 6.93. The monoisotopic (exact) mass is 329 g/mol. The molecule has 0 fully saturated rings. The number of nitrogens with zero attached hydrogens (tertiary/aromatic N) is 1. The van der Waals surface area contributed by atoms with Crippen molar-refractivity contribution >= 4 is 23.5 Å². The second kappa shape index (κ2) is 5.77. The van der Waals surface area contributed by atoms with Gasteiger partial charge < -0.3 is 9.47 Å². The lowest BCUT2D eigenvalue weighted by molar-refractivity contribution is 0.0599. The number of ether oxygens (including phenoxy) is 2. The highest BCUT2D eigenvalue weighted by Gasteiger charge is 2.38. The number of fused-ring (bicyclic) bond motifs is 1. The summed E-state index contributed by atoms with van der Waals surface area (Å²) in [5.74, 6) is -3.22. The lowest BCUT2D eigenvalue weighted by Gasteiger charge is -2.18. The van der Waals surface area contributed by atoms with Gasteiger partial charge in [-0.1, -0.05) is 12.1 Å². The molecule has 1 heterocycles. The number of anilines is 1. The van der Waals surface area contributed by atoms with Crippen LogP contribution in [0.3, 0.4) is 0 Å². The summed E-state index contributed by atoms with van der Waals surface area (Å²) in [4.78, 5) is 37.6. The topological polar surface area (TPSA) is 72.9 Å². The molecule has 0 radical (unpaired) electrons. The van der Waals surface area contributed by atoms with Crippen molar-refractivity contribution in [2.24, 2.45) is 0 Å². The summed E-state index contributed by atoms with van der Waals surface area (Å²) in [6.45, 7) is 0. The van der Waals surface area contributed by atoms with Gasteiger partial charge in [-0.3, -0.25) is 9.59 Å². The Morgan fingerprint density at radius 1 is 1.04 bits per heavy atom. The minimum absolute atomic E-state index is 0.137. The van der Waals surface area contributed by atoms with Gasteiger partial charge in [-0.2, -0.15) is 0 Å². The molecular formula is C17H12FNO5. The summed E-state index contributed by atoms with van der Waals surface area (Å²) in [6, 6.07) is 8.36. The fourth-order valence-electron chi connectivity index (χ4n) is 2.59. The van der Waals surface area contributed by atoms with Gasteiger partial charge in [0.05, 0.1) is 36.6 Å². The number of methoxy groups -OCH3 is 2. The van der Waals surface area contributed by atoms with Gasteiger partial charge >= 0.3 is 5.97 Å². The van der Waals surface area contributed by atoms with Crippen LogP contribution in [0, 0.1) is 5.82 Å². The molecule has 0 spiro atoms. The molecule has 1 aliphatic rings. The third-order valence-corrected chi connectivity index (χ3v) is 3.68. The van der Waals surface area contributed by atoms with Crippen molar-refractivity contribution < 1.29 is 28.2 Å². The lowest BCUT2D eigenvalue weighted by Crippen LogP contribution is -2.30. The van der Waals surface area contributed by atoms with E-state index in [1.165, 1.54) is 25.3 Å². The minimum Gasteiger partial charge on any atom is -0.492 e. The second-order valence-electron chi connectivity index (χ2n) is 4.99. The van der Waals surface area contributed by atoms with Crippen molar-refractivity contribution in [2.75, 3.05) is 19.1 Å². The van der Waals surface area contributed by atoms with Crippen LogP contribution in [-0.2, 0) is 4.74 Å². The fraction of sp³-hybridized carbons (Fsp3) is 0.118. The molecule has 0 aromatic heterocycles. The minimum atomic E-state index is -0.882. The molecule has 0 saturated heterocycles. The van der Waals surface area contributed by atoms with Crippen LogP contribution in [0.25, 0.3) is 0 Å².